The second kappa shape index (κ2) is 5.87. The molecule has 2 rings (SSSR count). The molecule has 0 saturated carbocycles. The van der Waals surface area contributed by atoms with Gasteiger partial charge in [0.2, 0.25) is 0 Å². The van der Waals surface area contributed by atoms with Crippen LogP contribution in [-0.4, -0.2) is 74.5 Å². The van der Waals surface area contributed by atoms with Crippen LogP contribution in [0.4, 0.5) is 0 Å². The molecule has 0 aromatic heterocycles. The molecule has 0 aliphatic carbocycles. The molecule has 2 fully saturated rings. The normalized spacial score (nSPS) is 38.5. The molecular weight excluding hydrogens is 228 g/mol. The van der Waals surface area contributed by atoms with Gasteiger partial charge >= 0.3 is 0 Å². The molecule has 0 aromatic rings. The van der Waals surface area contributed by atoms with E-state index in [0.717, 1.165) is 45.7 Å². The van der Waals surface area contributed by atoms with Gasteiger partial charge in [0, 0.05) is 37.7 Å². The van der Waals surface area contributed by atoms with Crippen molar-refractivity contribution < 1.29 is 9.84 Å². The number of ether oxygens (including phenoxy) is 1. The number of aliphatic hydroxyl groups excluding tert-OH is 1. The molecule has 3 atom stereocenters. The average Bonchev–Trinajstić information content (AvgIpc) is 2.71. The van der Waals surface area contributed by atoms with Crippen molar-refractivity contribution in [1.82, 2.24) is 9.80 Å². The molecule has 106 valence electrons. The number of nitrogens with zero attached hydrogens (tertiary/aromatic N) is 2. The molecule has 2 aliphatic heterocycles. The van der Waals surface area contributed by atoms with E-state index in [1.165, 1.54) is 0 Å². The van der Waals surface area contributed by atoms with Crippen LogP contribution in [0, 0.1) is 11.3 Å². The van der Waals surface area contributed by atoms with Crippen LogP contribution in [0.2, 0.25) is 0 Å². The van der Waals surface area contributed by atoms with Crippen molar-refractivity contribution in [3.05, 3.63) is 0 Å². The lowest BCUT2D eigenvalue weighted by atomic mass is 9.83. The fourth-order valence-electron chi connectivity index (χ4n) is 3.53. The predicted octanol–water partition coefficient (Wildman–Crippen LogP) is 0.657. The predicted molar refractivity (Wildman–Crippen MR) is 72.7 cm³/mol. The largest absolute Gasteiger partial charge is 0.396 e. The number of hydrogen-bond acceptors (Lipinski definition) is 4. The maximum Gasteiger partial charge on any atom is 0.0556 e. The Morgan fingerprint density at radius 1 is 1.39 bits per heavy atom. The second-order valence-corrected chi connectivity index (χ2v) is 6.52. The number of hydrogen-bond donors (Lipinski definition) is 1. The van der Waals surface area contributed by atoms with Crippen molar-refractivity contribution >= 4 is 0 Å². The highest BCUT2D eigenvalue weighted by Crippen LogP contribution is 2.31. The van der Waals surface area contributed by atoms with Crippen molar-refractivity contribution in [1.29, 1.82) is 0 Å². The minimum atomic E-state index is -0.0147. The molecule has 0 amide bonds. The summed E-state index contributed by atoms with van der Waals surface area (Å²) >= 11 is 0. The summed E-state index contributed by atoms with van der Waals surface area (Å²) in [5.41, 5.74) is -0.0147. The topological polar surface area (TPSA) is 35.9 Å². The first kappa shape index (κ1) is 14.3. The van der Waals surface area contributed by atoms with Crippen molar-refractivity contribution in [3.8, 4) is 0 Å². The molecule has 3 unspecified atom stereocenters. The minimum Gasteiger partial charge on any atom is -0.396 e. The third kappa shape index (κ3) is 3.05. The van der Waals surface area contributed by atoms with Gasteiger partial charge in [-0.05, 0) is 32.9 Å². The highest BCUT2D eigenvalue weighted by atomic mass is 16.5. The lowest BCUT2D eigenvalue weighted by Gasteiger charge is -2.38. The SMILES string of the molecule is CC1CN(CC2(CO)CCCOC2)CC1N(C)C. The fourth-order valence-corrected chi connectivity index (χ4v) is 3.53. The van der Waals surface area contributed by atoms with Crippen LogP contribution in [0.25, 0.3) is 0 Å². The van der Waals surface area contributed by atoms with E-state index < -0.39 is 0 Å². The third-order valence-corrected chi connectivity index (χ3v) is 4.61. The van der Waals surface area contributed by atoms with Gasteiger partial charge in [-0.3, -0.25) is 0 Å². The van der Waals surface area contributed by atoms with E-state index in [2.05, 4.69) is 30.8 Å². The van der Waals surface area contributed by atoms with E-state index in [1.807, 2.05) is 0 Å². The van der Waals surface area contributed by atoms with Crippen molar-refractivity contribution in [2.24, 2.45) is 11.3 Å². The van der Waals surface area contributed by atoms with Gasteiger partial charge in [-0.1, -0.05) is 6.92 Å². The number of aliphatic hydroxyl groups is 1. The summed E-state index contributed by atoms with van der Waals surface area (Å²) < 4.78 is 5.59. The van der Waals surface area contributed by atoms with E-state index >= 15 is 0 Å². The first-order valence-corrected chi connectivity index (χ1v) is 7.14. The van der Waals surface area contributed by atoms with Gasteiger partial charge < -0.3 is 19.6 Å². The Bertz CT molecular complexity index is 265. The molecule has 2 saturated heterocycles. The summed E-state index contributed by atoms with van der Waals surface area (Å²) in [5.74, 6) is 0.709. The van der Waals surface area contributed by atoms with Gasteiger partial charge in [-0.25, -0.2) is 0 Å². The summed E-state index contributed by atoms with van der Waals surface area (Å²) in [4.78, 5) is 4.84. The number of likely N-dealkylation sites (N-methyl/N-ethyl adjacent to an activating group) is 1. The Balaban J connectivity index is 1.93. The quantitative estimate of drug-likeness (QED) is 0.801. The molecule has 1 N–H and O–H groups in total. The summed E-state index contributed by atoms with van der Waals surface area (Å²) in [6.07, 6.45) is 2.18. The molecule has 4 heteroatoms. The molecule has 4 nitrogen and oxygen atoms in total. The zero-order valence-corrected chi connectivity index (χ0v) is 12.1. The summed E-state index contributed by atoms with van der Waals surface area (Å²) in [5, 5.41) is 9.73. The van der Waals surface area contributed by atoms with Gasteiger partial charge in [0.15, 0.2) is 0 Å². The maximum absolute atomic E-state index is 9.73. The second-order valence-electron chi connectivity index (χ2n) is 6.52. The molecule has 0 bridgehead atoms. The molecule has 2 heterocycles. The lowest BCUT2D eigenvalue weighted by Crippen LogP contribution is -2.45. The highest BCUT2D eigenvalue weighted by molar-refractivity contribution is 4.92. The van der Waals surface area contributed by atoms with Crippen LogP contribution in [0.1, 0.15) is 19.8 Å². The monoisotopic (exact) mass is 256 g/mol. The lowest BCUT2D eigenvalue weighted by molar-refractivity contribution is -0.0532. The molecule has 0 radical (unpaired) electrons. The average molecular weight is 256 g/mol. The van der Waals surface area contributed by atoms with Crippen molar-refractivity contribution in [2.75, 3.05) is 53.6 Å². The zero-order valence-electron chi connectivity index (χ0n) is 12.1. The van der Waals surface area contributed by atoms with Crippen LogP contribution in [0.5, 0.6) is 0 Å². The minimum absolute atomic E-state index is 0.0147. The molecule has 0 aromatic carbocycles. The molecule has 0 spiro atoms. The summed E-state index contributed by atoms with van der Waals surface area (Å²) in [6.45, 7) is 7.41. The van der Waals surface area contributed by atoms with Crippen molar-refractivity contribution in [2.45, 2.75) is 25.8 Å². The molecule has 18 heavy (non-hydrogen) atoms. The van der Waals surface area contributed by atoms with Gasteiger partial charge in [-0.2, -0.15) is 0 Å². The Labute approximate surface area is 111 Å². The van der Waals surface area contributed by atoms with Crippen LogP contribution in [-0.2, 0) is 4.74 Å². The Morgan fingerprint density at radius 2 is 2.17 bits per heavy atom. The number of likely N-dealkylation sites (tertiary alicyclic amines) is 1. The number of rotatable bonds is 4. The first-order valence-electron chi connectivity index (χ1n) is 7.14. The maximum atomic E-state index is 9.73. The fraction of sp³-hybridized carbons (Fsp3) is 1.00. The summed E-state index contributed by atoms with van der Waals surface area (Å²) in [6, 6.07) is 0.644. The van der Waals surface area contributed by atoms with Crippen LogP contribution < -0.4 is 0 Å². The van der Waals surface area contributed by atoms with E-state index in [0.29, 0.717) is 12.0 Å². The standard InChI is InChI=1S/C14H28N2O2/c1-12-7-16(8-13(12)15(2)3)9-14(10-17)5-4-6-18-11-14/h12-13,17H,4-11H2,1-3H3. The van der Waals surface area contributed by atoms with E-state index in [1.54, 1.807) is 0 Å². The summed E-state index contributed by atoms with van der Waals surface area (Å²) in [7, 11) is 4.33. The van der Waals surface area contributed by atoms with Gasteiger partial charge in [0.1, 0.15) is 0 Å². The van der Waals surface area contributed by atoms with Crippen LogP contribution >= 0.6 is 0 Å². The Kier molecular flexibility index (Phi) is 4.64. The van der Waals surface area contributed by atoms with Gasteiger partial charge in [-0.15, -0.1) is 0 Å². The zero-order chi connectivity index (χ0) is 13.2. The van der Waals surface area contributed by atoms with Gasteiger partial charge in [0.05, 0.1) is 13.2 Å². The smallest absolute Gasteiger partial charge is 0.0556 e. The molecular formula is C14H28N2O2. The molecule has 2 aliphatic rings. The van der Waals surface area contributed by atoms with Crippen LogP contribution in [0.15, 0.2) is 0 Å². The van der Waals surface area contributed by atoms with Gasteiger partial charge in [0.25, 0.3) is 0 Å². The van der Waals surface area contributed by atoms with E-state index in [9.17, 15) is 5.11 Å². The first-order chi connectivity index (χ1) is 8.56. The van der Waals surface area contributed by atoms with E-state index in [4.69, 9.17) is 4.74 Å². The van der Waals surface area contributed by atoms with Crippen molar-refractivity contribution in [3.63, 3.8) is 0 Å². The Morgan fingerprint density at radius 3 is 2.67 bits per heavy atom. The van der Waals surface area contributed by atoms with E-state index in [-0.39, 0.29) is 12.0 Å². The van der Waals surface area contributed by atoms with Crippen LogP contribution in [0.3, 0.4) is 0 Å². The Hall–Kier alpha value is -0.160. The third-order valence-electron chi connectivity index (χ3n) is 4.61. The highest BCUT2D eigenvalue weighted by Gasteiger charge is 2.38.